The topological polar surface area (TPSA) is 41.7 Å². The molecular weight excluding hydrogens is 238 g/mol. The summed E-state index contributed by atoms with van der Waals surface area (Å²) in [5.74, 6) is 0. The summed E-state index contributed by atoms with van der Waals surface area (Å²) in [5.41, 5.74) is 7.91. The maximum absolute atomic E-state index is 5.83. The van der Waals surface area contributed by atoms with E-state index in [0.717, 1.165) is 58.0 Å². The first kappa shape index (κ1) is 14.2. The molecule has 1 heterocycles. The van der Waals surface area contributed by atoms with Gasteiger partial charge in [0.25, 0.3) is 0 Å². The van der Waals surface area contributed by atoms with Crippen molar-refractivity contribution in [2.24, 2.45) is 0 Å². The van der Waals surface area contributed by atoms with Crippen LogP contribution in [0.3, 0.4) is 0 Å². The van der Waals surface area contributed by atoms with Crippen molar-refractivity contribution in [3.63, 3.8) is 0 Å². The lowest BCUT2D eigenvalue weighted by atomic mass is 10.2. The summed E-state index contributed by atoms with van der Waals surface area (Å²) in [6.45, 7) is 9.26. The van der Waals surface area contributed by atoms with Crippen LogP contribution in [-0.2, 0) is 4.74 Å². The maximum atomic E-state index is 5.83. The van der Waals surface area contributed by atoms with E-state index in [1.807, 2.05) is 12.1 Å². The molecular formula is C15H25N3O. The van der Waals surface area contributed by atoms with Crippen LogP contribution in [0.4, 0.5) is 11.4 Å². The summed E-state index contributed by atoms with van der Waals surface area (Å²) < 4.78 is 5.54. The number of hydrogen-bond donors (Lipinski definition) is 1. The predicted octanol–water partition coefficient (Wildman–Crippen LogP) is 1.82. The second-order valence-corrected chi connectivity index (χ2v) is 5.04. The van der Waals surface area contributed by atoms with E-state index in [4.69, 9.17) is 10.5 Å². The second kappa shape index (κ2) is 7.36. The number of piperazine rings is 1. The molecule has 0 spiro atoms. The first-order chi connectivity index (χ1) is 9.29. The van der Waals surface area contributed by atoms with Gasteiger partial charge in [-0.15, -0.1) is 0 Å². The number of nitrogen functional groups attached to an aromatic ring is 1. The molecule has 1 saturated heterocycles. The molecule has 0 unspecified atom stereocenters. The Morgan fingerprint density at radius 1 is 1.16 bits per heavy atom. The number of benzene rings is 1. The Balaban J connectivity index is 1.73. The zero-order valence-electron chi connectivity index (χ0n) is 11.8. The second-order valence-electron chi connectivity index (χ2n) is 5.04. The van der Waals surface area contributed by atoms with Crippen molar-refractivity contribution >= 4 is 11.4 Å². The highest BCUT2D eigenvalue weighted by atomic mass is 16.5. The molecule has 2 rings (SSSR count). The molecule has 19 heavy (non-hydrogen) atoms. The molecule has 2 N–H and O–H groups in total. The van der Waals surface area contributed by atoms with Gasteiger partial charge in [-0.05, 0) is 24.6 Å². The van der Waals surface area contributed by atoms with Gasteiger partial charge in [0.15, 0.2) is 0 Å². The van der Waals surface area contributed by atoms with E-state index < -0.39 is 0 Å². The van der Waals surface area contributed by atoms with E-state index >= 15 is 0 Å². The van der Waals surface area contributed by atoms with Gasteiger partial charge < -0.3 is 15.4 Å². The molecule has 0 aromatic heterocycles. The first-order valence-electron chi connectivity index (χ1n) is 7.20. The molecule has 0 atom stereocenters. The third kappa shape index (κ3) is 4.40. The molecule has 4 nitrogen and oxygen atoms in total. The van der Waals surface area contributed by atoms with Gasteiger partial charge in [0.1, 0.15) is 0 Å². The smallest absolute Gasteiger partial charge is 0.0593 e. The molecule has 0 aliphatic carbocycles. The van der Waals surface area contributed by atoms with Crippen molar-refractivity contribution in [1.29, 1.82) is 0 Å². The average Bonchev–Trinajstić information content (AvgIpc) is 2.44. The molecule has 1 aromatic carbocycles. The van der Waals surface area contributed by atoms with Crippen LogP contribution in [0.25, 0.3) is 0 Å². The van der Waals surface area contributed by atoms with Crippen molar-refractivity contribution in [3.05, 3.63) is 24.3 Å². The minimum absolute atomic E-state index is 0.841. The molecule has 1 aromatic rings. The largest absolute Gasteiger partial charge is 0.399 e. The summed E-state index contributed by atoms with van der Waals surface area (Å²) in [5, 5.41) is 0. The quantitative estimate of drug-likeness (QED) is 0.628. The number of anilines is 2. The summed E-state index contributed by atoms with van der Waals surface area (Å²) >= 11 is 0. The Morgan fingerprint density at radius 2 is 1.95 bits per heavy atom. The highest BCUT2D eigenvalue weighted by molar-refractivity contribution is 5.56. The van der Waals surface area contributed by atoms with E-state index in [9.17, 15) is 0 Å². The summed E-state index contributed by atoms with van der Waals surface area (Å²) in [7, 11) is 0. The Kier molecular flexibility index (Phi) is 5.48. The van der Waals surface area contributed by atoms with Gasteiger partial charge in [-0.25, -0.2) is 0 Å². The fourth-order valence-electron chi connectivity index (χ4n) is 2.39. The van der Waals surface area contributed by atoms with Crippen LogP contribution in [0.2, 0.25) is 0 Å². The molecule has 0 saturated carbocycles. The van der Waals surface area contributed by atoms with E-state index in [-0.39, 0.29) is 0 Å². The van der Waals surface area contributed by atoms with Crippen molar-refractivity contribution in [3.8, 4) is 0 Å². The molecule has 4 heteroatoms. The number of ether oxygens (including phenoxy) is 1. The minimum Gasteiger partial charge on any atom is -0.399 e. The van der Waals surface area contributed by atoms with Gasteiger partial charge in [0.2, 0.25) is 0 Å². The zero-order valence-corrected chi connectivity index (χ0v) is 11.8. The predicted molar refractivity (Wildman–Crippen MR) is 80.6 cm³/mol. The molecule has 0 bridgehead atoms. The van der Waals surface area contributed by atoms with Crippen molar-refractivity contribution in [2.75, 3.05) is 56.6 Å². The van der Waals surface area contributed by atoms with Gasteiger partial charge >= 0.3 is 0 Å². The first-order valence-corrected chi connectivity index (χ1v) is 7.20. The van der Waals surface area contributed by atoms with Gasteiger partial charge in [0.05, 0.1) is 6.61 Å². The summed E-state index contributed by atoms with van der Waals surface area (Å²) in [4.78, 5) is 4.87. The zero-order chi connectivity index (χ0) is 13.5. The Hall–Kier alpha value is -1.26. The molecule has 106 valence electrons. The van der Waals surface area contributed by atoms with Crippen LogP contribution in [0.5, 0.6) is 0 Å². The lowest BCUT2D eigenvalue weighted by molar-refractivity contribution is 0.102. The lowest BCUT2D eigenvalue weighted by Crippen LogP contribution is -2.47. The third-order valence-electron chi connectivity index (χ3n) is 3.51. The summed E-state index contributed by atoms with van der Waals surface area (Å²) in [6.07, 6.45) is 1.10. The molecule has 0 radical (unpaired) electrons. The van der Waals surface area contributed by atoms with Crippen LogP contribution < -0.4 is 10.6 Å². The standard InChI is InChI=1S/C15H25N3O/c1-2-11-19-12-10-17-6-8-18(9-7-17)15-5-3-4-14(16)13-15/h3-5,13H,2,6-12,16H2,1H3. The van der Waals surface area contributed by atoms with Crippen molar-refractivity contribution < 1.29 is 4.74 Å². The number of hydrogen-bond acceptors (Lipinski definition) is 4. The third-order valence-corrected chi connectivity index (χ3v) is 3.51. The van der Waals surface area contributed by atoms with E-state index in [1.54, 1.807) is 0 Å². The molecule has 1 fully saturated rings. The van der Waals surface area contributed by atoms with Crippen LogP contribution >= 0.6 is 0 Å². The lowest BCUT2D eigenvalue weighted by Gasteiger charge is -2.36. The Labute approximate surface area is 116 Å². The van der Waals surface area contributed by atoms with Gasteiger partial charge in [-0.2, -0.15) is 0 Å². The molecule has 0 amide bonds. The van der Waals surface area contributed by atoms with E-state index in [2.05, 4.69) is 28.9 Å². The SMILES string of the molecule is CCCOCCN1CCN(c2cccc(N)c2)CC1. The van der Waals surface area contributed by atoms with E-state index in [1.165, 1.54) is 5.69 Å². The number of nitrogens with two attached hydrogens (primary N) is 1. The van der Waals surface area contributed by atoms with E-state index in [0.29, 0.717) is 0 Å². The monoisotopic (exact) mass is 263 g/mol. The average molecular weight is 263 g/mol. The summed E-state index contributed by atoms with van der Waals surface area (Å²) in [6, 6.07) is 8.15. The minimum atomic E-state index is 0.841. The van der Waals surface area contributed by atoms with Crippen LogP contribution in [-0.4, -0.2) is 50.8 Å². The van der Waals surface area contributed by atoms with Crippen molar-refractivity contribution in [2.45, 2.75) is 13.3 Å². The van der Waals surface area contributed by atoms with Crippen LogP contribution in [0.1, 0.15) is 13.3 Å². The van der Waals surface area contributed by atoms with Crippen LogP contribution in [0.15, 0.2) is 24.3 Å². The fourth-order valence-corrected chi connectivity index (χ4v) is 2.39. The number of nitrogens with zero attached hydrogens (tertiary/aromatic N) is 2. The van der Waals surface area contributed by atoms with Gasteiger partial charge in [-0.1, -0.05) is 13.0 Å². The number of rotatable bonds is 6. The maximum Gasteiger partial charge on any atom is 0.0593 e. The Morgan fingerprint density at radius 3 is 2.63 bits per heavy atom. The molecule has 1 aliphatic rings. The van der Waals surface area contributed by atoms with Crippen molar-refractivity contribution in [1.82, 2.24) is 4.90 Å². The van der Waals surface area contributed by atoms with Gasteiger partial charge in [0, 0.05) is 50.7 Å². The molecule has 1 aliphatic heterocycles. The Bertz CT molecular complexity index is 375. The fraction of sp³-hybridized carbons (Fsp3) is 0.600. The normalized spacial score (nSPS) is 16.8. The van der Waals surface area contributed by atoms with Gasteiger partial charge in [-0.3, -0.25) is 4.90 Å². The highest BCUT2D eigenvalue weighted by Gasteiger charge is 2.16. The van der Waals surface area contributed by atoms with Crippen LogP contribution in [0, 0.1) is 0 Å². The highest BCUT2D eigenvalue weighted by Crippen LogP contribution is 2.18.